The zero-order chi connectivity index (χ0) is 10.6. The lowest BCUT2D eigenvalue weighted by molar-refractivity contribution is 0.0525. The number of nitrogens with zero attached hydrogens (tertiary/aromatic N) is 1. The van der Waals surface area contributed by atoms with Gasteiger partial charge in [-0.2, -0.15) is 5.10 Å². The fourth-order valence-corrected chi connectivity index (χ4v) is 1.32. The number of carbonyl (C=O) groups excluding carboxylic acids is 1. The second kappa shape index (κ2) is 5.22. The number of ether oxygens (including phenoxy) is 1. The Morgan fingerprint density at radius 3 is 3.00 bits per heavy atom. The van der Waals surface area contributed by atoms with Crippen LogP contribution in [0.2, 0.25) is 0 Å². The lowest BCUT2D eigenvalue weighted by Crippen LogP contribution is -2.08. The van der Waals surface area contributed by atoms with E-state index in [9.17, 15) is 4.79 Å². The van der Waals surface area contributed by atoms with Crippen LogP contribution in [0.4, 0.5) is 0 Å². The molecule has 1 heterocycles. The van der Waals surface area contributed by atoms with Gasteiger partial charge in [0.1, 0.15) is 10.4 Å². The average Bonchev–Trinajstić information content (AvgIpc) is 2.51. The van der Waals surface area contributed by atoms with Crippen molar-refractivity contribution in [2.24, 2.45) is 0 Å². The zero-order valence-electron chi connectivity index (χ0n) is 7.59. The molecule has 6 heteroatoms. The Morgan fingerprint density at radius 2 is 2.43 bits per heavy atom. The summed E-state index contributed by atoms with van der Waals surface area (Å²) in [6, 6.07) is 0. The van der Waals surface area contributed by atoms with E-state index in [1.165, 1.54) is 6.20 Å². The molecule has 0 saturated heterocycles. The number of hydrogen-bond donors (Lipinski definition) is 1. The van der Waals surface area contributed by atoms with E-state index in [4.69, 9.17) is 27.9 Å². The van der Waals surface area contributed by atoms with Gasteiger partial charge >= 0.3 is 5.97 Å². The molecule has 14 heavy (non-hydrogen) atoms. The molecule has 0 saturated carbocycles. The molecular formula is C8H10Cl2N2O2. The highest BCUT2D eigenvalue weighted by molar-refractivity contribution is 6.44. The van der Waals surface area contributed by atoms with Gasteiger partial charge in [-0.25, -0.2) is 4.79 Å². The van der Waals surface area contributed by atoms with Gasteiger partial charge in [0.25, 0.3) is 0 Å². The maximum atomic E-state index is 11.3. The molecule has 1 aromatic heterocycles. The van der Waals surface area contributed by atoms with E-state index in [1.807, 2.05) is 0 Å². The first-order valence-electron chi connectivity index (χ1n) is 4.12. The van der Waals surface area contributed by atoms with E-state index in [2.05, 4.69) is 10.2 Å². The van der Waals surface area contributed by atoms with Crippen LogP contribution in [0.15, 0.2) is 6.20 Å². The molecule has 1 N–H and O–H groups in total. The Hall–Kier alpha value is -0.740. The van der Waals surface area contributed by atoms with Crippen LogP contribution in [0, 0.1) is 0 Å². The fourth-order valence-electron chi connectivity index (χ4n) is 1.01. The summed E-state index contributed by atoms with van der Waals surface area (Å²) < 4.78 is 4.82. The number of rotatable bonds is 4. The Balaban J connectivity index is 2.76. The SMILES string of the molecule is CCOC(=O)c1cn[nH]c1CC(Cl)Cl. The number of esters is 1. The molecule has 0 unspecified atom stereocenters. The van der Waals surface area contributed by atoms with Gasteiger partial charge in [-0.15, -0.1) is 23.2 Å². The minimum Gasteiger partial charge on any atom is -0.462 e. The lowest BCUT2D eigenvalue weighted by Gasteiger charge is -2.02. The van der Waals surface area contributed by atoms with Crippen LogP contribution in [-0.4, -0.2) is 27.6 Å². The molecular weight excluding hydrogens is 227 g/mol. The lowest BCUT2D eigenvalue weighted by atomic mass is 10.2. The van der Waals surface area contributed by atoms with Crippen molar-refractivity contribution in [2.45, 2.75) is 18.2 Å². The van der Waals surface area contributed by atoms with Crippen molar-refractivity contribution in [2.75, 3.05) is 6.61 Å². The first-order valence-corrected chi connectivity index (χ1v) is 5.00. The third kappa shape index (κ3) is 2.89. The van der Waals surface area contributed by atoms with Crippen LogP contribution in [0.3, 0.4) is 0 Å². The van der Waals surface area contributed by atoms with Gasteiger partial charge in [0.05, 0.1) is 18.5 Å². The van der Waals surface area contributed by atoms with Crippen LogP contribution >= 0.6 is 23.2 Å². The third-order valence-corrected chi connectivity index (χ3v) is 1.88. The van der Waals surface area contributed by atoms with Crippen LogP contribution in [-0.2, 0) is 11.2 Å². The van der Waals surface area contributed by atoms with Crippen molar-refractivity contribution in [1.29, 1.82) is 0 Å². The number of hydrogen-bond acceptors (Lipinski definition) is 3. The summed E-state index contributed by atoms with van der Waals surface area (Å²) in [5.74, 6) is -0.412. The number of aromatic nitrogens is 2. The quantitative estimate of drug-likeness (QED) is 0.643. The van der Waals surface area contributed by atoms with E-state index >= 15 is 0 Å². The van der Waals surface area contributed by atoms with Gasteiger partial charge in [-0.1, -0.05) is 0 Å². The topological polar surface area (TPSA) is 55.0 Å². The van der Waals surface area contributed by atoms with Crippen molar-refractivity contribution in [3.8, 4) is 0 Å². The van der Waals surface area contributed by atoms with Crippen molar-refractivity contribution in [3.05, 3.63) is 17.5 Å². The normalized spacial score (nSPS) is 10.6. The Bertz CT molecular complexity index is 312. The maximum Gasteiger partial charge on any atom is 0.341 e. The number of carbonyl (C=O) groups is 1. The molecule has 0 aromatic carbocycles. The summed E-state index contributed by atoms with van der Waals surface area (Å²) in [4.78, 5) is 10.8. The first kappa shape index (κ1) is 11.3. The average molecular weight is 237 g/mol. The summed E-state index contributed by atoms with van der Waals surface area (Å²) in [5.41, 5.74) is 0.983. The number of H-pyrrole nitrogens is 1. The standard InChI is InChI=1S/C8H10Cl2N2O2/c1-2-14-8(13)5-4-11-12-6(5)3-7(9)10/h4,7H,2-3H2,1H3,(H,11,12). The van der Waals surface area contributed by atoms with Gasteiger partial charge in [0.15, 0.2) is 0 Å². The summed E-state index contributed by atoms with van der Waals surface area (Å²) in [6.07, 6.45) is 1.75. The molecule has 1 rings (SSSR count). The molecule has 0 amide bonds. The zero-order valence-corrected chi connectivity index (χ0v) is 9.10. The predicted molar refractivity (Wildman–Crippen MR) is 53.7 cm³/mol. The van der Waals surface area contributed by atoms with Gasteiger partial charge in [-0.3, -0.25) is 5.10 Å². The van der Waals surface area contributed by atoms with Crippen LogP contribution < -0.4 is 0 Å². The minimum absolute atomic E-state index is 0.328. The van der Waals surface area contributed by atoms with Gasteiger partial charge < -0.3 is 4.74 Å². The highest BCUT2D eigenvalue weighted by atomic mass is 35.5. The molecule has 1 aromatic rings. The number of alkyl halides is 2. The molecule has 0 aliphatic rings. The molecule has 0 bridgehead atoms. The van der Waals surface area contributed by atoms with Crippen molar-refractivity contribution in [1.82, 2.24) is 10.2 Å². The minimum atomic E-state index is -0.566. The molecule has 0 spiro atoms. The highest BCUT2D eigenvalue weighted by Gasteiger charge is 2.16. The molecule has 0 atom stereocenters. The number of nitrogens with one attached hydrogen (secondary N) is 1. The van der Waals surface area contributed by atoms with Gasteiger partial charge in [0.2, 0.25) is 0 Å². The van der Waals surface area contributed by atoms with E-state index < -0.39 is 10.8 Å². The Morgan fingerprint density at radius 1 is 1.71 bits per heavy atom. The summed E-state index contributed by atoms with van der Waals surface area (Å²) in [6.45, 7) is 2.07. The van der Waals surface area contributed by atoms with Crippen molar-refractivity contribution < 1.29 is 9.53 Å². The predicted octanol–water partition coefficient (Wildman–Crippen LogP) is 1.93. The molecule has 0 radical (unpaired) electrons. The Kier molecular flexibility index (Phi) is 4.22. The smallest absolute Gasteiger partial charge is 0.341 e. The highest BCUT2D eigenvalue weighted by Crippen LogP contribution is 2.14. The largest absolute Gasteiger partial charge is 0.462 e. The summed E-state index contributed by atoms with van der Waals surface area (Å²) in [7, 11) is 0. The van der Waals surface area contributed by atoms with E-state index in [0.717, 1.165) is 0 Å². The second-order valence-electron chi connectivity index (χ2n) is 2.58. The van der Waals surface area contributed by atoms with Gasteiger partial charge in [0, 0.05) is 6.42 Å². The molecule has 0 aliphatic heterocycles. The van der Waals surface area contributed by atoms with Crippen molar-refractivity contribution in [3.63, 3.8) is 0 Å². The van der Waals surface area contributed by atoms with Gasteiger partial charge in [-0.05, 0) is 6.92 Å². The van der Waals surface area contributed by atoms with E-state index in [-0.39, 0.29) is 0 Å². The monoisotopic (exact) mass is 236 g/mol. The van der Waals surface area contributed by atoms with Crippen LogP contribution in [0.1, 0.15) is 23.0 Å². The molecule has 78 valence electrons. The molecule has 0 aliphatic carbocycles. The molecule has 0 fully saturated rings. The second-order valence-corrected chi connectivity index (χ2v) is 3.85. The fraction of sp³-hybridized carbons (Fsp3) is 0.500. The maximum absolute atomic E-state index is 11.3. The van der Waals surface area contributed by atoms with Crippen LogP contribution in [0.25, 0.3) is 0 Å². The van der Waals surface area contributed by atoms with E-state index in [1.54, 1.807) is 6.92 Å². The third-order valence-electron chi connectivity index (χ3n) is 1.57. The number of halogens is 2. The summed E-state index contributed by atoms with van der Waals surface area (Å²) >= 11 is 11.2. The number of aromatic amines is 1. The first-order chi connectivity index (χ1) is 6.65. The van der Waals surface area contributed by atoms with E-state index in [0.29, 0.717) is 24.3 Å². The van der Waals surface area contributed by atoms with Crippen molar-refractivity contribution >= 4 is 29.2 Å². The summed E-state index contributed by atoms with van der Waals surface area (Å²) in [5, 5.41) is 6.39. The molecule has 4 nitrogen and oxygen atoms in total. The van der Waals surface area contributed by atoms with Crippen LogP contribution in [0.5, 0.6) is 0 Å². The Labute approximate surface area is 91.5 Å².